The minimum atomic E-state index is -0.136. The van der Waals surface area contributed by atoms with E-state index in [2.05, 4.69) is 43.4 Å². The number of rotatable bonds is 4. The third-order valence-electron chi connectivity index (χ3n) is 6.67. The van der Waals surface area contributed by atoms with E-state index in [0.717, 1.165) is 42.7 Å². The molecule has 2 aliphatic rings. The van der Waals surface area contributed by atoms with Crippen molar-refractivity contribution in [3.05, 3.63) is 30.4 Å². The number of aromatic nitrogens is 5. The zero-order valence-electron chi connectivity index (χ0n) is 17.6. The van der Waals surface area contributed by atoms with Crippen LogP contribution in [-0.4, -0.2) is 61.8 Å². The van der Waals surface area contributed by atoms with Crippen LogP contribution in [0.2, 0.25) is 0 Å². The van der Waals surface area contributed by atoms with Crippen molar-refractivity contribution in [2.24, 2.45) is 11.8 Å². The fourth-order valence-electron chi connectivity index (χ4n) is 5.07. The highest BCUT2D eigenvalue weighted by molar-refractivity contribution is 5.93. The first-order chi connectivity index (χ1) is 15.1. The molecule has 3 aromatic rings. The normalized spacial score (nSPS) is 22.5. The summed E-state index contributed by atoms with van der Waals surface area (Å²) < 4.78 is 1.69. The number of nitriles is 1. The molecule has 1 unspecified atom stereocenters. The van der Waals surface area contributed by atoms with Crippen LogP contribution < -0.4 is 10.2 Å². The summed E-state index contributed by atoms with van der Waals surface area (Å²) >= 11 is 0. The molecule has 31 heavy (non-hydrogen) atoms. The van der Waals surface area contributed by atoms with E-state index in [0.29, 0.717) is 35.9 Å². The lowest BCUT2D eigenvalue weighted by molar-refractivity contribution is 0.218. The van der Waals surface area contributed by atoms with Crippen molar-refractivity contribution in [1.29, 1.82) is 5.26 Å². The molecule has 0 radical (unpaired) electrons. The number of aryl methyl sites for hydroxylation is 1. The summed E-state index contributed by atoms with van der Waals surface area (Å²) in [6.45, 7) is 4.15. The number of aromatic amines is 1. The van der Waals surface area contributed by atoms with Crippen LogP contribution in [0.25, 0.3) is 11.0 Å². The summed E-state index contributed by atoms with van der Waals surface area (Å²) in [5, 5.41) is 17.6. The molecule has 2 amide bonds. The molecular formula is C21H25N9O. The quantitative estimate of drug-likeness (QED) is 0.670. The number of nitrogens with one attached hydrogen (secondary N) is 2. The van der Waals surface area contributed by atoms with Crippen LogP contribution in [0.3, 0.4) is 0 Å². The third kappa shape index (κ3) is 3.36. The van der Waals surface area contributed by atoms with Gasteiger partial charge < -0.3 is 14.8 Å². The number of fused-ring (bicyclic) bond motifs is 2. The van der Waals surface area contributed by atoms with Crippen LogP contribution in [0.15, 0.2) is 24.8 Å². The second-order valence-electron chi connectivity index (χ2n) is 8.39. The van der Waals surface area contributed by atoms with Crippen molar-refractivity contribution in [2.45, 2.75) is 32.4 Å². The van der Waals surface area contributed by atoms with Crippen LogP contribution in [0.5, 0.6) is 0 Å². The maximum Gasteiger partial charge on any atom is 0.324 e. The van der Waals surface area contributed by atoms with Crippen molar-refractivity contribution < 1.29 is 4.79 Å². The lowest BCUT2D eigenvalue weighted by Gasteiger charge is -2.29. The lowest BCUT2D eigenvalue weighted by Crippen LogP contribution is -2.36. The molecule has 0 spiro atoms. The summed E-state index contributed by atoms with van der Waals surface area (Å²) in [7, 11) is 2.06. The number of carbonyl (C=O) groups excluding carboxylic acids is 1. The monoisotopic (exact) mass is 419 g/mol. The largest absolute Gasteiger partial charge is 0.370 e. The van der Waals surface area contributed by atoms with Gasteiger partial charge in [-0.3, -0.25) is 10.00 Å². The zero-order valence-corrected chi connectivity index (χ0v) is 17.6. The number of carbonyl (C=O) groups is 1. The first-order valence-electron chi connectivity index (χ1n) is 10.6. The van der Waals surface area contributed by atoms with Gasteiger partial charge in [-0.05, 0) is 37.7 Å². The molecule has 4 heterocycles. The van der Waals surface area contributed by atoms with E-state index in [1.165, 1.54) is 0 Å². The Morgan fingerprint density at radius 2 is 2.13 bits per heavy atom. The highest BCUT2D eigenvalue weighted by Gasteiger charge is 2.44. The highest BCUT2D eigenvalue weighted by atomic mass is 16.2. The van der Waals surface area contributed by atoms with Gasteiger partial charge in [0.15, 0.2) is 0 Å². The molecule has 5 rings (SSSR count). The van der Waals surface area contributed by atoms with Gasteiger partial charge in [0.2, 0.25) is 5.95 Å². The number of urea groups is 1. The Hall–Kier alpha value is -3.61. The number of likely N-dealkylation sites (tertiary alicyclic amines) is 1. The Kier molecular flexibility index (Phi) is 4.73. The van der Waals surface area contributed by atoms with Crippen molar-refractivity contribution >= 4 is 28.7 Å². The molecule has 1 aliphatic heterocycles. The van der Waals surface area contributed by atoms with Gasteiger partial charge in [0.05, 0.1) is 11.3 Å². The second kappa shape index (κ2) is 7.58. The van der Waals surface area contributed by atoms with Crippen LogP contribution in [0, 0.1) is 23.2 Å². The van der Waals surface area contributed by atoms with Gasteiger partial charge in [-0.2, -0.15) is 5.26 Å². The van der Waals surface area contributed by atoms with E-state index in [4.69, 9.17) is 0 Å². The summed E-state index contributed by atoms with van der Waals surface area (Å²) in [5.74, 6) is 1.25. The van der Waals surface area contributed by atoms with E-state index >= 15 is 0 Å². The molecule has 2 N–H and O–H groups in total. The minimum Gasteiger partial charge on any atom is -0.370 e. The van der Waals surface area contributed by atoms with E-state index < -0.39 is 0 Å². The fraction of sp³-hybridized carbons (Fsp3) is 0.476. The molecular weight excluding hydrogens is 394 g/mol. The fourth-order valence-corrected chi connectivity index (χ4v) is 5.07. The van der Waals surface area contributed by atoms with Crippen molar-refractivity contribution in [1.82, 2.24) is 29.6 Å². The molecule has 10 heteroatoms. The molecule has 160 valence electrons. The van der Waals surface area contributed by atoms with Gasteiger partial charge in [0.1, 0.15) is 18.0 Å². The topological polar surface area (TPSA) is 119 Å². The first kappa shape index (κ1) is 19.4. The molecule has 0 aromatic carbocycles. The van der Waals surface area contributed by atoms with Crippen LogP contribution >= 0.6 is 0 Å². The molecule has 2 fully saturated rings. The van der Waals surface area contributed by atoms with Gasteiger partial charge >= 0.3 is 6.03 Å². The molecule has 1 aliphatic carbocycles. The molecule has 1 saturated heterocycles. The maximum absolute atomic E-state index is 12.6. The Morgan fingerprint density at radius 1 is 1.35 bits per heavy atom. The number of amides is 2. The Balaban J connectivity index is 1.26. The summed E-state index contributed by atoms with van der Waals surface area (Å²) in [6, 6.07) is 4.46. The number of H-pyrrole nitrogens is 1. The standard InChI is InChI=1S/C21H25N9O/c1-3-30-12-25-20(27-30)26-21(31)29-10-13-6-16(7-14(13)11-29)28(2)18-15(8-22)9-24-19-17(18)4-5-23-19/h4-5,9,12-14,16H,3,6-7,10-11H2,1-2H3,(H,23,24)(H,26,27,31)/t13-,14?,16+/m1/s1. The Morgan fingerprint density at radius 3 is 2.81 bits per heavy atom. The molecule has 10 nitrogen and oxygen atoms in total. The summed E-state index contributed by atoms with van der Waals surface area (Å²) in [6.07, 6.45) is 7.10. The predicted octanol–water partition coefficient (Wildman–Crippen LogP) is 2.42. The molecule has 3 atom stereocenters. The minimum absolute atomic E-state index is 0.136. The smallest absolute Gasteiger partial charge is 0.324 e. The summed E-state index contributed by atoms with van der Waals surface area (Å²) in [5.41, 5.74) is 2.32. The van der Waals surface area contributed by atoms with Crippen LogP contribution in [-0.2, 0) is 6.54 Å². The zero-order chi connectivity index (χ0) is 21.5. The lowest BCUT2D eigenvalue weighted by atomic mass is 10.0. The number of hydrogen-bond donors (Lipinski definition) is 2. The van der Waals surface area contributed by atoms with Crippen LogP contribution in [0.4, 0.5) is 16.4 Å². The molecule has 1 saturated carbocycles. The summed E-state index contributed by atoms with van der Waals surface area (Å²) in [4.78, 5) is 28.4. The number of nitrogens with zero attached hydrogens (tertiary/aromatic N) is 7. The van der Waals surface area contributed by atoms with Crippen molar-refractivity contribution in [3.8, 4) is 6.07 Å². The predicted molar refractivity (Wildman–Crippen MR) is 116 cm³/mol. The SMILES string of the molecule is CCn1cnc(NC(=O)N2CC3C[C@@H](N(C)c4c(C#N)cnc5[nH]ccc45)C[C@@H]3C2)n1. The molecule has 3 aromatic heterocycles. The van der Waals surface area contributed by atoms with E-state index in [-0.39, 0.29) is 6.03 Å². The van der Waals surface area contributed by atoms with Gasteiger partial charge in [-0.1, -0.05) is 0 Å². The Bertz CT molecular complexity index is 1150. The van der Waals surface area contributed by atoms with Gasteiger partial charge in [0, 0.05) is 50.5 Å². The van der Waals surface area contributed by atoms with Gasteiger partial charge in [-0.15, -0.1) is 5.10 Å². The number of pyridine rings is 1. The number of anilines is 2. The second-order valence-corrected chi connectivity index (χ2v) is 8.39. The average molecular weight is 419 g/mol. The average Bonchev–Trinajstić information content (AvgIpc) is 3.54. The first-order valence-corrected chi connectivity index (χ1v) is 10.6. The van der Waals surface area contributed by atoms with Gasteiger partial charge in [0.25, 0.3) is 0 Å². The van der Waals surface area contributed by atoms with Crippen molar-refractivity contribution in [3.63, 3.8) is 0 Å². The van der Waals surface area contributed by atoms with Crippen molar-refractivity contribution in [2.75, 3.05) is 30.4 Å². The van der Waals surface area contributed by atoms with E-state index in [9.17, 15) is 10.1 Å². The molecule has 0 bridgehead atoms. The van der Waals surface area contributed by atoms with Gasteiger partial charge in [-0.25, -0.2) is 14.8 Å². The number of hydrogen-bond acceptors (Lipinski definition) is 6. The van der Waals surface area contributed by atoms with Crippen LogP contribution in [0.1, 0.15) is 25.3 Å². The highest BCUT2D eigenvalue weighted by Crippen LogP contribution is 2.42. The van der Waals surface area contributed by atoms with E-state index in [1.54, 1.807) is 17.2 Å². The maximum atomic E-state index is 12.6. The Labute approximate surface area is 179 Å². The third-order valence-corrected chi connectivity index (χ3v) is 6.67. The van der Waals surface area contributed by atoms with E-state index in [1.807, 2.05) is 24.1 Å².